The third kappa shape index (κ3) is 3.70. The number of aryl methyl sites for hydroxylation is 1. The topological polar surface area (TPSA) is 50.2 Å². The molecule has 1 aromatic heterocycles. The summed E-state index contributed by atoms with van der Waals surface area (Å²) < 4.78 is 13.7. The summed E-state index contributed by atoms with van der Waals surface area (Å²) in [4.78, 5) is 20.6. The fourth-order valence-corrected chi connectivity index (χ4v) is 7.07. The Bertz CT molecular complexity index is 1420. The number of likely N-dealkylation sites (N-methyl/N-ethyl adjacent to an activating group) is 1. The largest absolute Gasteiger partial charge is 0.497 e. The quantitative estimate of drug-likeness (QED) is 0.452. The van der Waals surface area contributed by atoms with Crippen molar-refractivity contribution in [1.82, 2.24) is 19.3 Å². The Morgan fingerprint density at radius 1 is 1.05 bits per heavy atom. The van der Waals surface area contributed by atoms with Crippen LogP contribution in [0.5, 0.6) is 11.5 Å². The van der Waals surface area contributed by atoms with Crippen molar-refractivity contribution >= 4 is 16.9 Å². The van der Waals surface area contributed by atoms with E-state index in [1.54, 1.807) is 14.2 Å². The minimum absolute atomic E-state index is 0.114. The summed E-state index contributed by atoms with van der Waals surface area (Å²) in [5.41, 5.74) is 5.74. The molecule has 0 bridgehead atoms. The number of aromatic nitrogens is 1. The molecule has 2 amide bonds. The van der Waals surface area contributed by atoms with Gasteiger partial charge in [-0.2, -0.15) is 0 Å². The third-order valence-corrected chi connectivity index (χ3v) is 9.03. The summed E-state index contributed by atoms with van der Waals surface area (Å²) in [6.07, 6.45) is 4.19. The number of para-hydroxylation sites is 1. The fraction of sp³-hybridized carbons (Fsp3) is 0.452. The number of piperidine rings is 1. The van der Waals surface area contributed by atoms with E-state index in [0.29, 0.717) is 13.1 Å². The summed E-state index contributed by atoms with van der Waals surface area (Å²) in [6, 6.07) is 15.0. The van der Waals surface area contributed by atoms with Gasteiger partial charge >= 0.3 is 6.03 Å². The Hall–Kier alpha value is -3.45. The number of ether oxygens (including phenoxy) is 2. The smallest absolute Gasteiger partial charge is 0.325 e. The lowest BCUT2D eigenvalue weighted by molar-refractivity contribution is 0.0878. The van der Waals surface area contributed by atoms with Gasteiger partial charge in [-0.3, -0.25) is 9.80 Å². The summed E-state index contributed by atoms with van der Waals surface area (Å²) in [7, 11) is 5.54. The first-order chi connectivity index (χ1) is 18.4. The summed E-state index contributed by atoms with van der Waals surface area (Å²) >= 11 is 0. The van der Waals surface area contributed by atoms with Crippen molar-refractivity contribution in [1.29, 1.82) is 0 Å². The zero-order chi connectivity index (χ0) is 26.6. The van der Waals surface area contributed by atoms with Crippen molar-refractivity contribution in [2.45, 2.75) is 51.2 Å². The third-order valence-electron chi connectivity index (χ3n) is 9.03. The average Bonchev–Trinajstić information content (AvgIpc) is 3.28. The lowest BCUT2D eigenvalue weighted by Gasteiger charge is -2.44. The second kappa shape index (κ2) is 9.38. The Balaban J connectivity index is 1.30. The van der Waals surface area contributed by atoms with Gasteiger partial charge in [0.2, 0.25) is 0 Å². The molecule has 0 aliphatic carbocycles. The van der Waals surface area contributed by atoms with Crippen LogP contribution in [0.2, 0.25) is 0 Å². The van der Waals surface area contributed by atoms with E-state index in [4.69, 9.17) is 9.47 Å². The number of benzene rings is 2. The number of likely N-dealkylation sites (tertiary alicyclic amines) is 1. The Morgan fingerprint density at radius 3 is 2.50 bits per heavy atom. The van der Waals surface area contributed by atoms with Crippen molar-refractivity contribution in [3.8, 4) is 11.5 Å². The van der Waals surface area contributed by atoms with Crippen molar-refractivity contribution in [2.24, 2.45) is 7.05 Å². The molecule has 2 fully saturated rings. The Morgan fingerprint density at radius 2 is 1.82 bits per heavy atom. The number of carbonyl (C=O) groups is 1. The predicted octanol–water partition coefficient (Wildman–Crippen LogP) is 5.49. The van der Waals surface area contributed by atoms with Crippen LogP contribution in [-0.4, -0.2) is 64.7 Å². The van der Waals surface area contributed by atoms with Crippen molar-refractivity contribution in [2.75, 3.05) is 33.9 Å². The lowest BCUT2D eigenvalue weighted by Crippen LogP contribution is -2.53. The maximum absolute atomic E-state index is 13.9. The highest BCUT2D eigenvalue weighted by molar-refractivity contribution is 5.83. The van der Waals surface area contributed by atoms with Gasteiger partial charge in [0, 0.05) is 67.7 Å². The molecule has 0 radical (unpaired) electrons. The summed E-state index contributed by atoms with van der Waals surface area (Å²) in [5.74, 6) is 1.70. The molecule has 200 valence electrons. The maximum Gasteiger partial charge on any atom is 0.325 e. The molecule has 3 aromatic rings. The number of rotatable bonds is 5. The van der Waals surface area contributed by atoms with Crippen LogP contribution < -0.4 is 9.47 Å². The first-order valence-corrected chi connectivity index (χ1v) is 13.7. The van der Waals surface area contributed by atoms with Gasteiger partial charge in [-0.1, -0.05) is 31.2 Å². The van der Waals surface area contributed by atoms with Gasteiger partial charge in [0.15, 0.2) is 0 Å². The van der Waals surface area contributed by atoms with Crippen LogP contribution in [-0.2, 0) is 20.1 Å². The fourth-order valence-electron chi connectivity index (χ4n) is 7.07. The molecule has 7 nitrogen and oxygen atoms in total. The number of amides is 2. The van der Waals surface area contributed by atoms with Gasteiger partial charge in [0.05, 0.1) is 26.3 Å². The van der Waals surface area contributed by atoms with Gasteiger partial charge in [-0.15, -0.1) is 0 Å². The SMILES string of the molecule is CCN1C(=O)N2Cc3cc(OC)cc(OC)c3[C@@H](C)C=C2C12CCN(Cc1cc3ccccc3n1C)CC2. The standard InChI is InChI=1S/C31H38N4O3/c1-6-35-30(36)34-19-23-17-25(37-4)18-27(38-5)29(23)21(2)15-28(34)31(35)11-13-33(14-12-31)20-24-16-22-9-7-8-10-26(22)32(24)3/h7-10,15-18,21H,6,11-14,19-20H2,1-5H3/t21-/m0/s1. The number of carbonyl (C=O) groups excluding carboxylic acids is 1. The molecule has 3 aliphatic heterocycles. The van der Waals surface area contributed by atoms with E-state index >= 15 is 0 Å². The van der Waals surface area contributed by atoms with Gasteiger partial charge < -0.3 is 18.9 Å². The average molecular weight is 515 g/mol. The van der Waals surface area contributed by atoms with Crippen LogP contribution in [0.3, 0.4) is 0 Å². The molecular formula is C31H38N4O3. The van der Waals surface area contributed by atoms with E-state index in [1.807, 2.05) is 11.0 Å². The number of fused-ring (bicyclic) bond motifs is 4. The van der Waals surface area contributed by atoms with Gasteiger partial charge in [-0.05, 0) is 48.9 Å². The molecule has 0 saturated carbocycles. The molecule has 38 heavy (non-hydrogen) atoms. The number of allylic oxidation sites excluding steroid dienone is 1. The number of hydrogen-bond donors (Lipinski definition) is 0. The molecule has 3 aliphatic rings. The molecule has 7 heteroatoms. The highest BCUT2D eigenvalue weighted by atomic mass is 16.5. The number of nitrogens with zero attached hydrogens (tertiary/aromatic N) is 4. The first-order valence-electron chi connectivity index (χ1n) is 13.7. The first kappa shape index (κ1) is 24.9. The molecule has 6 rings (SSSR count). The van der Waals surface area contributed by atoms with E-state index < -0.39 is 0 Å². The number of methoxy groups -OCH3 is 2. The molecular weight excluding hydrogens is 476 g/mol. The van der Waals surface area contributed by atoms with E-state index in [0.717, 1.165) is 55.1 Å². The van der Waals surface area contributed by atoms with Gasteiger partial charge in [-0.25, -0.2) is 4.79 Å². The highest BCUT2D eigenvalue weighted by Crippen LogP contribution is 2.49. The van der Waals surface area contributed by atoms with E-state index in [9.17, 15) is 4.79 Å². The minimum atomic E-state index is -0.269. The van der Waals surface area contributed by atoms with Crippen LogP contribution in [0.4, 0.5) is 4.79 Å². The van der Waals surface area contributed by atoms with Crippen LogP contribution in [0.1, 0.15) is 49.4 Å². The van der Waals surface area contributed by atoms with E-state index in [2.05, 4.69) is 77.7 Å². The summed E-state index contributed by atoms with van der Waals surface area (Å²) in [5, 5.41) is 1.29. The normalized spacial score (nSPS) is 20.9. The molecule has 2 aromatic carbocycles. The Labute approximate surface area is 225 Å². The second-order valence-electron chi connectivity index (χ2n) is 10.9. The predicted molar refractivity (Wildman–Crippen MR) is 150 cm³/mol. The zero-order valence-corrected chi connectivity index (χ0v) is 23.2. The molecule has 0 N–H and O–H groups in total. The lowest BCUT2D eigenvalue weighted by atomic mass is 9.82. The number of hydrogen-bond acceptors (Lipinski definition) is 4. The second-order valence-corrected chi connectivity index (χ2v) is 10.9. The highest BCUT2D eigenvalue weighted by Gasteiger charge is 2.54. The van der Waals surface area contributed by atoms with Crippen LogP contribution in [0.15, 0.2) is 54.2 Å². The molecule has 1 atom stereocenters. The van der Waals surface area contributed by atoms with Gasteiger partial charge in [0.1, 0.15) is 11.5 Å². The number of urea groups is 1. The monoisotopic (exact) mass is 514 g/mol. The van der Waals surface area contributed by atoms with Crippen molar-refractivity contribution in [3.63, 3.8) is 0 Å². The summed E-state index contributed by atoms with van der Waals surface area (Å²) in [6.45, 7) is 8.39. The van der Waals surface area contributed by atoms with Crippen LogP contribution >= 0.6 is 0 Å². The van der Waals surface area contributed by atoms with E-state index in [1.165, 1.54) is 22.3 Å². The molecule has 1 spiro atoms. The van der Waals surface area contributed by atoms with E-state index in [-0.39, 0.29) is 17.5 Å². The zero-order valence-electron chi connectivity index (χ0n) is 23.2. The van der Waals surface area contributed by atoms with Crippen molar-refractivity contribution in [3.05, 3.63) is 71.1 Å². The molecule has 0 unspecified atom stereocenters. The van der Waals surface area contributed by atoms with Crippen LogP contribution in [0, 0.1) is 0 Å². The van der Waals surface area contributed by atoms with Gasteiger partial charge in [0.25, 0.3) is 0 Å². The van der Waals surface area contributed by atoms with Crippen molar-refractivity contribution < 1.29 is 14.3 Å². The Kier molecular flexibility index (Phi) is 6.14. The minimum Gasteiger partial charge on any atom is -0.497 e. The van der Waals surface area contributed by atoms with Crippen LogP contribution in [0.25, 0.3) is 10.9 Å². The maximum atomic E-state index is 13.9. The molecule has 4 heterocycles. The molecule has 2 saturated heterocycles.